The van der Waals surface area contributed by atoms with Gasteiger partial charge in [-0.15, -0.1) is 0 Å². The molecule has 0 aromatic heterocycles. The maximum atomic E-state index is 12.0. The fourth-order valence-electron chi connectivity index (χ4n) is 1.81. The van der Waals surface area contributed by atoms with Crippen LogP contribution >= 0.6 is 0 Å². The molecule has 0 saturated carbocycles. The van der Waals surface area contributed by atoms with E-state index in [9.17, 15) is 9.59 Å². The van der Waals surface area contributed by atoms with Crippen molar-refractivity contribution in [2.45, 2.75) is 0 Å². The van der Waals surface area contributed by atoms with Crippen LogP contribution in [0.3, 0.4) is 0 Å². The fraction of sp³-hybridized carbons (Fsp3) is 0.0667. The number of benzene rings is 2. The smallest absolute Gasteiger partial charge is 0.252 e. The second-order valence-electron chi connectivity index (χ2n) is 4.06. The molecule has 0 aliphatic rings. The SMILES string of the molecule is NC(=O)CNC(=O)c1ccccc1-c1ccccc1. The van der Waals surface area contributed by atoms with E-state index in [2.05, 4.69) is 5.32 Å². The van der Waals surface area contributed by atoms with Crippen LogP contribution in [0.2, 0.25) is 0 Å². The molecule has 2 amide bonds. The standard InChI is InChI=1S/C15H14N2O2/c16-14(18)10-17-15(19)13-9-5-4-8-12(13)11-6-2-1-3-7-11/h1-9H,10H2,(H2,16,18)(H,17,19). The fourth-order valence-corrected chi connectivity index (χ4v) is 1.81. The van der Waals surface area contributed by atoms with Crippen LogP contribution in [0.25, 0.3) is 11.1 Å². The molecular weight excluding hydrogens is 240 g/mol. The van der Waals surface area contributed by atoms with Gasteiger partial charge in [0.1, 0.15) is 0 Å². The lowest BCUT2D eigenvalue weighted by Gasteiger charge is -2.09. The van der Waals surface area contributed by atoms with Crippen LogP contribution in [-0.2, 0) is 4.79 Å². The lowest BCUT2D eigenvalue weighted by atomic mass is 9.99. The summed E-state index contributed by atoms with van der Waals surface area (Å²) in [4.78, 5) is 22.7. The van der Waals surface area contributed by atoms with E-state index in [-0.39, 0.29) is 12.5 Å². The van der Waals surface area contributed by atoms with Crippen LogP contribution in [-0.4, -0.2) is 18.4 Å². The number of primary amides is 1. The number of nitrogens with one attached hydrogen (secondary N) is 1. The average Bonchev–Trinajstić information content (AvgIpc) is 2.45. The lowest BCUT2D eigenvalue weighted by Crippen LogP contribution is -2.33. The van der Waals surface area contributed by atoms with Crippen molar-refractivity contribution in [3.8, 4) is 11.1 Å². The van der Waals surface area contributed by atoms with E-state index in [1.165, 1.54) is 0 Å². The summed E-state index contributed by atoms with van der Waals surface area (Å²) in [6.45, 7) is -0.165. The maximum absolute atomic E-state index is 12.0. The van der Waals surface area contributed by atoms with Crippen molar-refractivity contribution in [2.75, 3.05) is 6.54 Å². The summed E-state index contributed by atoms with van der Waals surface area (Å²) in [6.07, 6.45) is 0. The number of hydrogen-bond donors (Lipinski definition) is 2. The first-order valence-corrected chi connectivity index (χ1v) is 5.89. The number of hydrogen-bond acceptors (Lipinski definition) is 2. The van der Waals surface area contributed by atoms with Crippen LogP contribution in [0.15, 0.2) is 54.6 Å². The van der Waals surface area contributed by atoms with Crippen molar-refractivity contribution in [3.63, 3.8) is 0 Å². The Hall–Kier alpha value is -2.62. The van der Waals surface area contributed by atoms with Gasteiger partial charge in [-0.2, -0.15) is 0 Å². The average molecular weight is 254 g/mol. The third-order valence-corrected chi connectivity index (χ3v) is 2.68. The van der Waals surface area contributed by atoms with E-state index in [1.807, 2.05) is 42.5 Å². The van der Waals surface area contributed by atoms with E-state index in [0.717, 1.165) is 11.1 Å². The molecule has 4 nitrogen and oxygen atoms in total. The number of carbonyl (C=O) groups is 2. The predicted octanol–water partition coefficient (Wildman–Crippen LogP) is 1.57. The molecule has 19 heavy (non-hydrogen) atoms. The van der Waals surface area contributed by atoms with Crippen molar-refractivity contribution < 1.29 is 9.59 Å². The third-order valence-electron chi connectivity index (χ3n) is 2.68. The van der Waals surface area contributed by atoms with Gasteiger partial charge in [0.2, 0.25) is 5.91 Å². The third kappa shape index (κ3) is 3.19. The molecular formula is C15H14N2O2. The summed E-state index contributed by atoms with van der Waals surface area (Å²) < 4.78 is 0. The van der Waals surface area contributed by atoms with Gasteiger partial charge >= 0.3 is 0 Å². The minimum atomic E-state index is -0.564. The van der Waals surface area contributed by atoms with E-state index in [1.54, 1.807) is 12.1 Å². The number of amides is 2. The van der Waals surface area contributed by atoms with Crippen LogP contribution in [0.5, 0.6) is 0 Å². The van der Waals surface area contributed by atoms with Gasteiger partial charge in [0.05, 0.1) is 6.54 Å². The van der Waals surface area contributed by atoms with Crippen molar-refractivity contribution in [1.82, 2.24) is 5.32 Å². The molecule has 4 heteroatoms. The van der Waals surface area contributed by atoms with Gasteiger partial charge in [-0.3, -0.25) is 9.59 Å². The highest BCUT2D eigenvalue weighted by Gasteiger charge is 2.12. The van der Waals surface area contributed by atoms with Gasteiger partial charge in [0.15, 0.2) is 0 Å². The summed E-state index contributed by atoms with van der Waals surface area (Å²) >= 11 is 0. The molecule has 2 aromatic rings. The molecule has 3 N–H and O–H groups in total. The normalized spacial score (nSPS) is 9.89. The molecule has 0 atom stereocenters. The van der Waals surface area contributed by atoms with Gasteiger partial charge in [-0.05, 0) is 17.2 Å². The van der Waals surface area contributed by atoms with Gasteiger partial charge in [-0.25, -0.2) is 0 Å². The molecule has 0 heterocycles. The summed E-state index contributed by atoms with van der Waals surface area (Å²) in [5.74, 6) is -0.871. The monoisotopic (exact) mass is 254 g/mol. The lowest BCUT2D eigenvalue weighted by molar-refractivity contribution is -0.117. The van der Waals surface area contributed by atoms with Crippen LogP contribution in [0.4, 0.5) is 0 Å². The number of carbonyl (C=O) groups excluding carboxylic acids is 2. The molecule has 0 saturated heterocycles. The predicted molar refractivity (Wildman–Crippen MR) is 73.4 cm³/mol. The molecule has 2 aromatic carbocycles. The number of nitrogens with two attached hydrogens (primary N) is 1. The molecule has 0 fully saturated rings. The first-order chi connectivity index (χ1) is 9.18. The van der Waals surface area contributed by atoms with Gasteiger partial charge < -0.3 is 11.1 Å². The van der Waals surface area contributed by atoms with E-state index in [4.69, 9.17) is 5.73 Å². The highest BCUT2D eigenvalue weighted by atomic mass is 16.2. The van der Waals surface area contributed by atoms with Gasteiger partial charge in [0, 0.05) is 5.56 Å². The molecule has 0 bridgehead atoms. The van der Waals surface area contributed by atoms with Crippen molar-refractivity contribution >= 4 is 11.8 Å². The zero-order valence-electron chi connectivity index (χ0n) is 10.3. The molecule has 2 rings (SSSR count). The van der Waals surface area contributed by atoms with Crippen molar-refractivity contribution in [2.24, 2.45) is 5.73 Å². The molecule has 0 aliphatic heterocycles. The Morgan fingerprint density at radius 2 is 1.58 bits per heavy atom. The van der Waals surface area contributed by atoms with Crippen molar-refractivity contribution in [3.05, 3.63) is 60.2 Å². The van der Waals surface area contributed by atoms with Crippen LogP contribution in [0.1, 0.15) is 10.4 Å². The zero-order valence-corrected chi connectivity index (χ0v) is 10.3. The van der Waals surface area contributed by atoms with Crippen LogP contribution in [0, 0.1) is 0 Å². The summed E-state index contributed by atoms with van der Waals surface area (Å²) in [5.41, 5.74) is 7.31. The second-order valence-corrected chi connectivity index (χ2v) is 4.06. The largest absolute Gasteiger partial charge is 0.368 e. The Morgan fingerprint density at radius 3 is 2.26 bits per heavy atom. The quantitative estimate of drug-likeness (QED) is 0.869. The highest BCUT2D eigenvalue weighted by molar-refractivity contribution is 6.02. The molecule has 0 aliphatic carbocycles. The Kier molecular flexibility index (Phi) is 3.93. The van der Waals surface area contributed by atoms with Crippen LogP contribution < -0.4 is 11.1 Å². The maximum Gasteiger partial charge on any atom is 0.252 e. The topological polar surface area (TPSA) is 72.2 Å². The minimum absolute atomic E-state index is 0.165. The Morgan fingerprint density at radius 1 is 0.947 bits per heavy atom. The minimum Gasteiger partial charge on any atom is -0.368 e. The van der Waals surface area contributed by atoms with Gasteiger partial charge in [0.25, 0.3) is 5.91 Å². The molecule has 0 radical (unpaired) electrons. The Balaban J connectivity index is 2.31. The highest BCUT2D eigenvalue weighted by Crippen LogP contribution is 2.23. The van der Waals surface area contributed by atoms with Crippen molar-refractivity contribution in [1.29, 1.82) is 0 Å². The summed E-state index contributed by atoms with van der Waals surface area (Å²) in [6, 6.07) is 16.8. The number of rotatable bonds is 4. The summed E-state index contributed by atoms with van der Waals surface area (Å²) in [7, 11) is 0. The van der Waals surface area contributed by atoms with E-state index in [0.29, 0.717) is 5.56 Å². The van der Waals surface area contributed by atoms with Gasteiger partial charge in [-0.1, -0.05) is 48.5 Å². The molecule has 96 valence electrons. The summed E-state index contributed by atoms with van der Waals surface area (Å²) in [5, 5.41) is 2.50. The zero-order chi connectivity index (χ0) is 13.7. The first kappa shape index (κ1) is 12.8. The van der Waals surface area contributed by atoms with E-state index < -0.39 is 5.91 Å². The Bertz CT molecular complexity index is 594. The first-order valence-electron chi connectivity index (χ1n) is 5.89. The second kappa shape index (κ2) is 5.82. The Labute approximate surface area is 111 Å². The molecule has 0 spiro atoms. The molecule has 0 unspecified atom stereocenters. The van der Waals surface area contributed by atoms with E-state index >= 15 is 0 Å².